The van der Waals surface area contributed by atoms with Gasteiger partial charge in [0.15, 0.2) is 5.78 Å². The maximum absolute atomic E-state index is 11.7. The van der Waals surface area contributed by atoms with E-state index >= 15 is 0 Å². The highest BCUT2D eigenvalue weighted by Gasteiger charge is 2.07. The molecule has 2 aromatic rings. The molecule has 0 aromatic carbocycles. The number of carbonyl (C=O) groups is 1. The lowest BCUT2D eigenvalue weighted by Gasteiger charge is -1.99. The Labute approximate surface area is 93.4 Å². The molecule has 0 unspecified atom stereocenters. The molecule has 4 heteroatoms. The van der Waals surface area contributed by atoms with Crippen molar-refractivity contribution in [1.29, 1.82) is 0 Å². The van der Waals surface area contributed by atoms with E-state index in [1.54, 1.807) is 12.4 Å². The van der Waals surface area contributed by atoms with Crippen LogP contribution in [0.1, 0.15) is 22.6 Å². The number of aromatic nitrogens is 3. The normalized spacial score (nSPS) is 10.0. The Morgan fingerprint density at radius 2 is 2.06 bits per heavy atom. The van der Waals surface area contributed by atoms with Crippen molar-refractivity contribution in [3.63, 3.8) is 0 Å². The summed E-state index contributed by atoms with van der Waals surface area (Å²) in [4.78, 5) is 23.7. The van der Waals surface area contributed by atoms with E-state index in [2.05, 4.69) is 15.0 Å². The van der Waals surface area contributed by atoms with E-state index in [-0.39, 0.29) is 5.78 Å². The van der Waals surface area contributed by atoms with Gasteiger partial charge in [-0.2, -0.15) is 0 Å². The van der Waals surface area contributed by atoms with Gasteiger partial charge in [0, 0.05) is 30.7 Å². The predicted molar refractivity (Wildman–Crippen MR) is 58.9 cm³/mol. The summed E-state index contributed by atoms with van der Waals surface area (Å²) >= 11 is 0. The molecule has 0 spiro atoms. The minimum absolute atomic E-state index is 0.00115. The van der Waals surface area contributed by atoms with Gasteiger partial charge in [-0.25, -0.2) is 4.98 Å². The van der Waals surface area contributed by atoms with E-state index in [4.69, 9.17) is 0 Å². The Balaban J connectivity index is 1.95. The van der Waals surface area contributed by atoms with Gasteiger partial charge in [0.25, 0.3) is 0 Å². The molecule has 0 atom stereocenters. The third kappa shape index (κ3) is 2.70. The van der Waals surface area contributed by atoms with E-state index in [0.717, 1.165) is 5.69 Å². The molecule has 0 N–H and O–H groups in total. The minimum Gasteiger partial charge on any atom is -0.292 e. The first-order chi connectivity index (χ1) is 7.86. The number of hydrogen-bond donors (Lipinski definition) is 0. The topological polar surface area (TPSA) is 55.7 Å². The fraction of sp³-hybridized carbons (Fsp3) is 0.167. The van der Waals surface area contributed by atoms with Gasteiger partial charge in [0.1, 0.15) is 5.69 Å². The van der Waals surface area contributed by atoms with Crippen LogP contribution in [0.2, 0.25) is 0 Å². The zero-order valence-corrected chi connectivity index (χ0v) is 8.71. The average Bonchev–Trinajstić information content (AvgIpc) is 2.38. The van der Waals surface area contributed by atoms with Gasteiger partial charge < -0.3 is 0 Å². The van der Waals surface area contributed by atoms with Gasteiger partial charge in [-0.05, 0) is 18.6 Å². The van der Waals surface area contributed by atoms with Crippen LogP contribution in [0.4, 0.5) is 0 Å². The van der Waals surface area contributed by atoms with Crippen molar-refractivity contribution in [1.82, 2.24) is 15.0 Å². The van der Waals surface area contributed by atoms with Crippen LogP contribution in [0.15, 0.2) is 43.0 Å². The van der Waals surface area contributed by atoms with Gasteiger partial charge in [0.05, 0.1) is 6.20 Å². The average molecular weight is 213 g/mol. The number of rotatable bonds is 4. The number of carbonyl (C=O) groups excluding carboxylic acids is 1. The van der Waals surface area contributed by atoms with Gasteiger partial charge in [-0.1, -0.05) is 6.07 Å². The molecular formula is C12H11N3O. The largest absolute Gasteiger partial charge is 0.292 e. The molecule has 0 fully saturated rings. The molecule has 16 heavy (non-hydrogen) atoms. The highest BCUT2D eigenvalue weighted by Crippen LogP contribution is 2.03. The predicted octanol–water partition coefficient (Wildman–Crippen LogP) is 1.69. The summed E-state index contributed by atoms with van der Waals surface area (Å²) in [6, 6.07) is 5.67. The highest BCUT2D eigenvalue weighted by atomic mass is 16.1. The molecular weight excluding hydrogens is 202 g/mol. The number of hydrogen-bond acceptors (Lipinski definition) is 4. The lowest BCUT2D eigenvalue weighted by Crippen LogP contribution is -2.04. The van der Waals surface area contributed by atoms with E-state index in [1.807, 2.05) is 18.2 Å². The summed E-state index contributed by atoms with van der Waals surface area (Å²) in [6.07, 6.45) is 7.33. The van der Waals surface area contributed by atoms with E-state index in [9.17, 15) is 4.79 Å². The van der Waals surface area contributed by atoms with Gasteiger partial charge in [-0.15, -0.1) is 0 Å². The van der Waals surface area contributed by atoms with Crippen LogP contribution >= 0.6 is 0 Å². The second kappa shape index (κ2) is 5.11. The molecule has 0 saturated carbocycles. The maximum atomic E-state index is 11.7. The van der Waals surface area contributed by atoms with Crippen molar-refractivity contribution in [3.8, 4) is 0 Å². The number of aryl methyl sites for hydroxylation is 1. The Morgan fingerprint density at radius 1 is 1.12 bits per heavy atom. The summed E-state index contributed by atoms with van der Waals surface area (Å²) < 4.78 is 0. The number of pyridine rings is 1. The molecule has 80 valence electrons. The third-order valence-corrected chi connectivity index (χ3v) is 2.18. The second-order valence-corrected chi connectivity index (χ2v) is 3.33. The van der Waals surface area contributed by atoms with E-state index in [1.165, 1.54) is 12.4 Å². The van der Waals surface area contributed by atoms with Gasteiger partial charge >= 0.3 is 0 Å². The van der Waals surface area contributed by atoms with Crippen LogP contribution < -0.4 is 0 Å². The minimum atomic E-state index is -0.00115. The van der Waals surface area contributed by atoms with Crippen molar-refractivity contribution >= 4 is 5.78 Å². The van der Waals surface area contributed by atoms with Gasteiger partial charge in [-0.3, -0.25) is 14.8 Å². The second-order valence-electron chi connectivity index (χ2n) is 3.33. The summed E-state index contributed by atoms with van der Waals surface area (Å²) in [5, 5.41) is 0. The molecule has 4 nitrogen and oxygen atoms in total. The molecule has 2 aromatic heterocycles. The van der Waals surface area contributed by atoms with Crippen molar-refractivity contribution in [3.05, 3.63) is 54.4 Å². The Morgan fingerprint density at radius 3 is 2.75 bits per heavy atom. The van der Waals surface area contributed by atoms with Crippen LogP contribution in [-0.4, -0.2) is 20.7 Å². The molecule has 0 amide bonds. The van der Waals surface area contributed by atoms with Crippen molar-refractivity contribution < 1.29 is 4.79 Å². The third-order valence-electron chi connectivity index (χ3n) is 2.18. The number of Topliss-reactive ketones (excluding diaryl/α,β-unsaturated/α-hetero) is 1. The number of ketones is 1. The lowest BCUT2D eigenvalue weighted by atomic mass is 10.1. The Hall–Kier alpha value is -2.10. The molecule has 0 radical (unpaired) electrons. The smallest absolute Gasteiger partial charge is 0.183 e. The standard InChI is InChI=1S/C12H11N3O/c16-12(11-9-13-7-8-15-11)5-4-10-3-1-2-6-14-10/h1-3,6-9H,4-5H2. The van der Waals surface area contributed by atoms with Crippen LogP contribution in [0.3, 0.4) is 0 Å². The summed E-state index contributed by atoms with van der Waals surface area (Å²) in [6.45, 7) is 0. The van der Waals surface area contributed by atoms with Gasteiger partial charge in [0.2, 0.25) is 0 Å². The van der Waals surface area contributed by atoms with E-state index < -0.39 is 0 Å². The SMILES string of the molecule is O=C(CCc1ccccn1)c1cnccn1. The fourth-order valence-corrected chi connectivity index (χ4v) is 1.36. The van der Waals surface area contributed by atoms with Crippen LogP contribution in [0.5, 0.6) is 0 Å². The van der Waals surface area contributed by atoms with Crippen LogP contribution in [0.25, 0.3) is 0 Å². The maximum Gasteiger partial charge on any atom is 0.183 e. The van der Waals surface area contributed by atoms with E-state index in [0.29, 0.717) is 18.5 Å². The monoisotopic (exact) mass is 213 g/mol. The first-order valence-corrected chi connectivity index (χ1v) is 5.05. The molecule has 0 aliphatic heterocycles. The van der Waals surface area contributed by atoms with Crippen molar-refractivity contribution in [2.75, 3.05) is 0 Å². The Kier molecular flexibility index (Phi) is 3.33. The summed E-state index contributed by atoms with van der Waals surface area (Å²) in [5.41, 5.74) is 1.33. The Bertz CT molecular complexity index is 456. The molecule has 2 heterocycles. The summed E-state index contributed by atoms with van der Waals surface area (Å²) in [7, 11) is 0. The van der Waals surface area contributed by atoms with Crippen molar-refractivity contribution in [2.45, 2.75) is 12.8 Å². The first-order valence-electron chi connectivity index (χ1n) is 5.05. The highest BCUT2D eigenvalue weighted by molar-refractivity contribution is 5.93. The quantitative estimate of drug-likeness (QED) is 0.725. The molecule has 0 bridgehead atoms. The van der Waals surface area contributed by atoms with Crippen LogP contribution in [0, 0.1) is 0 Å². The lowest BCUT2D eigenvalue weighted by molar-refractivity contribution is 0.0977. The first kappa shape index (κ1) is 10.4. The molecule has 2 rings (SSSR count). The molecule has 0 aliphatic rings. The number of nitrogens with zero attached hydrogens (tertiary/aromatic N) is 3. The zero-order chi connectivity index (χ0) is 11.2. The fourth-order valence-electron chi connectivity index (χ4n) is 1.36. The molecule has 0 aliphatic carbocycles. The molecule has 0 saturated heterocycles. The van der Waals surface area contributed by atoms with Crippen molar-refractivity contribution in [2.24, 2.45) is 0 Å². The zero-order valence-electron chi connectivity index (χ0n) is 8.71. The van der Waals surface area contributed by atoms with Crippen LogP contribution in [-0.2, 0) is 6.42 Å². The summed E-state index contributed by atoms with van der Waals surface area (Å²) in [5.74, 6) is -0.00115.